The van der Waals surface area contributed by atoms with E-state index in [1.54, 1.807) is 0 Å². The number of allylic oxidation sites excluding steroid dienone is 1. The number of nitrogens with one attached hydrogen (secondary N) is 1. The Balaban J connectivity index is 3.64. The third-order valence-corrected chi connectivity index (χ3v) is 7.26. The number of carbonyl (C=O) groups is 2. The van der Waals surface area contributed by atoms with Gasteiger partial charge in [0.15, 0.2) is 0 Å². The molecule has 230 valence electrons. The van der Waals surface area contributed by atoms with E-state index in [-0.39, 0.29) is 18.0 Å². The lowest BCUT2D eigenvalue weighted by Crippen LogP contribution is -2.19. The van der Waals surface area contributed by atoms with Gasteiger partial charge in [-0.25, -0.2) is 0 Å². The molecule has 0 bridgehead atoms. The molecule has 39 heavy (non-hydrogen) atoms. The molecule has 0 aliphatic rings. The van der Waals surface area contributed by atoms with Crippen LogP contribution in [0.4, 0.5) is 0 Å². The van der Waals surface area contributed by atoms with Crippen LogP contribution in [0.3, 0.4) is 0 Å². The number of ether oxygens (including phenoxy) is 2. The smallest absolute Gasteiger partial charge is 0.306 e. The summed E-state index contributed by atoms with van der Waals surface area (Å²) in [6, 6.07) is 0. The molecule has 0 aromatic rings. The van der Waals surface area contributed by atoms with Crippen molar-refractivity contribution in [3.63, 3.8) is 0 Å². The van der Waals surface area contributed by atoms with Crippen molar-refractivity contribution >= 4 is 11.9 Å². The van der Waals surface area contributed by atoms with Crippen molar-refractivity contribution in [1.82, 2.24) is 5.32 Å². The Morgan fingerprint density at radius 2 is 1.10 bits per heavy atom. The van der Waals surface area contributed by atoms with E-state index in [2.05, 4.69) is 32.2 Å². The molecular weight excluding hydrogens is 486 g/mol. The quantitative estimate of drug-likeness (QED) is 0.0547. The fourth-order valence-electron chi connectivity index (χ4n) is 4.71. The van der Waals surface area contributed by atoms with Crippen LogP contribution in [0.1, 0.15) is 168 Å². The van der Waals surface area contributed by atoms with Gasteiger partial charge in [0.25, 0.3) is 0 Å². The number of hydrogen-bond donors (Lipinski definition) is 1. The van der Waals surface area contributed by atoms with E-state index < -0.39 is 0 Å². The van der Waals surface area contributed by atoms with Crippen LogP contribution in [0.25, 0.3) is 0 Å². The van der Waals surface area contributed by atoms with E-state index >= 15 is 0 Å². The van der Waals surface area contributed by atoms with Crippen molar-refractivity contribution in [2.75, 3.05) is 19.7 Å². The molecule has 0 amide bonds. The molecule has 0 atom stereocenters. The summed E-state index contributed by atoms with van der Waals surface area (Å²) < 4.78 is 11.1. The van der Waals surface area contributed by atoms with Gasteiger partial charge in [-0.2, -0.15) is 0 Å². The van der Waals surface area contributed by atoms with Crippen molar-refractivity contribution < 1.29 is 19.1 Å². The summed E-state index contributed by atoms with van der Waals surface area (Å²) in [4.78, 5) is 24.2. The Hall–Kier alpha value is -1.36. The first-order valence-electron chi connectivity index (χ1n) is 16.8. The second-order valence-electron chi connectivity index (χ2n) is 11.2. The number of hydrogen-bond acceptors (Lipinski definition) is 5. The first-order chi connectivity index (χ1) is 19.1. The Morgan fingerprint density at radius 3 is 1.67 bits per heavy atom. The van der Waals surface area contributed by atoms with Gasteiger partial charge in [-0.1, -0.05) is 104 Å². The number of rotatable bonds is 30. The molecule has 0 saturated carbocycles. The van der Waals surface area contributed by atoms with Gasteiger partial charge in [0.05, 0.1) is 0 Å². The SMILES string of the molecule is CCCCCCC=CCOC(=O)CCCCCNCCCCCC(=O)OC(CCCCCC)CCCCCC. The predicted octanol–water partition coefficient (Wildman–Crippen LogP) is 9.62. The lowest BCUT2D eigenvalue weighted by Gasteiger charge is -2.18. The molecule has 0 saturated heterocycles. The molecule has 0 aromatic carbocycles. The highest BCUT2D eigenvalue weighted by Crippen LogP contribution is 2.17. The van der Waals surface area contributed by atoms with Crippen molar-refractivity contribution in [2.24, 2.45) is 0 Å². The Bertz CT molecular complexity index is 551. The van der Waals surface area contributed by atoms with E-state index in [9.17, 15) is 9.59 Å². The lowest BCUT2D eigenvalue weighted by atomic mass is 10.0. The Kier molecular flexibility index (Phi) is 30.1. The van der Waals surface area contributed by atoms with Crippen LogP contribution >= 0.6 is 0 Å². The van der Waals surface area contributed by atoms with Gasteiger partial charge in [0, 0.05) is 12.8 Å². The number of esters is 2. The van der Waals surface area contributed by atoms with Gasteiger partial charge in [-0.15, -0.1) is 0 Å². The highest BCUT2D eigenvalue weighted by molar-refractivity contribution is 5.69. The van der Waals surface area contributed by atoms with Crippen LogP contribution in [0, 0.1) is 0 Å². The summed E-state index contributed by atoms with van der Waals surface area (Å²) in [5.41, 5.74) is 0. The minimum atomic E-state index is -0.0866. The second-order valence-corrected chi connectivity index (χ2v) is 11.2. The highest BCUT2D eigenvalue weighted by Gasteiger charge is 2.14. The summed E-state index contributed by atoms with van der Waals surface area (Å²) in [5, 5.41) is 3.49. The van der Waals surface area contributed by atoms with Crippen molar-refractivity contribution in [3.8, 4) is 0 Å². The normalized spacial score (nSPS) is 11.5. The summed E-state index contributed by atoms with van der Waals surface area (Å²) in [6.45, 7) is 9.06. The van der Waals surface area contributed by atoms with Crippen LogP contribution in [0.5, 0.6) is 0 Å². The van der Waals surface area contributed by atoms with Gasteiger partial charge in [0.1, 0.15) is 12.7 Å². The van der Waals surface area contributed by atoms with E-state index in [4.69, 9.17) is 9.47 Å². The molecular formula is C34H65NO4. The zero-order valence-electron chi connectivity index (χ0n) is 26.2. The van der Waals surface area contributed by atoms with Gasteiger partial charge in [0.2, 0.25) is 0 Å². The maximum absolute atomic E-state index is 12.4. The van der Waals surface area contributed by atoms with Crippen LogP contribution in [-0.4, -0.2) is 37.7 Å². The van der Waals surface area contributed by atoms with Crippen molar-refractivity contribution in [2.45, 2.75) is 175 Å². The third-order valence-electron chi connectivity index (χ3n) is 7.26. The van der Waals surface area contributed by atoms with E-state index in [1.165, 1.54) is 77.0 Å². The fraction of sp³-hybridized carbons (Fsp3) is 0.882. The average molecular weight is 552 g/mol. The minimum Gasteiger partial charge on any atom is -0.462 e. The molecule has 0 spiro atoms. The molecule has 0 aliphatic heterocycles. The number of unbranched alkanes of at least 4 members (excludes halogenated alkanes) is 14. The molecule has 0 aromatic heterocycles. The molecule has 1 N–H and O–H groups in total. The van der Waals surface area contributed by atoms with Gasteiger partial charge >= 0.3 is 11.9 Å². The molecule has 0 unspecified atom stereocenters. The summed E-state index contributed by atoms with van der Waals surface area (Å²) in [6.07, 6.45) is 29.4. The molecule has 0 rings (SSSR count). The molecule has 0 aliphatic carbocycles. The largest absolute Gasteiger partial charge is 0.462 e. The molecule has 5 heteroatoms. The van der Waals surface area contributed by atoms with Gasteiger partial charge in [-0.3, -0.25) is 9.59 Å². The summed E-state index contributed by atoms with van der Waals surface area (Å²) in [5.74, 6) is -0.0904. The second kappa shape index (κ2) is 31.2. The van der Waals surface area contributed by atoms with Crippen LogP contribution < -0.4 is 5.32 Å². The third kappa shape index (κ3) is 29.4. The topological polar surface area (TPSA) is 64.6 Å². The maximum atomic E-state index is 12.4. The molecule has 0 fully saturated rings. The number of carbonyl (C=O) groups excluding carboxylic acids is 2. The summed E-state index contributed by atoms with van der Waals surface area (Å²) in [7, 11) is 0. The van der Waals surface area contributed by atoms with Crippen molar-refractivity contribution in [3.05, 3.63) is 12.2 Å². The van der Waals surface area contributed by atoms with Gasteiger partial charge < -0.3 is 14.8 Å². The monoisotopic (exact) mass is 551 g/mol. The fourth-order valence-corrected chi connectivity index (χ4v) is 4.71. The highest BCUT2D eigenvalue weighted by atomic mass is 16.5. The molecule has 0 heterocycles. The lowest BCUT2D eigenvalue weighted by molar-refractivity contribution is -0.150. The van der Waals surface area contributed by atoms with Crippen LogP contribution in [-0.2, 0) is 19.1 Å². The van der Waals surface area contributed by atoms with E-state index in [0.717, 1.165) is 70.9 Å². The predicted molar refractivity (Wildman–Crippen MR) is 166 cm³/mol. The van der Waals surface area contributed by atoms with Crippen LogP contribution in [0.2, 0.25) is 0 Å². The molecule has 5 nitrogen and oxygen atoms in total. The average Bonchev–Trinajstić information content (AvgIpc) is 2.93. The van der Waals surface area contributed by atoms with E-state index in [0.29, 0.717) is 19.4 Å². The first kappa shape index (κ1) is 37.6. The molecule has 0 radical (unpaired) electrons. The Labute approximate surface area is 242 Å². The van der Waals surface area contributed by atoms with E-state index in [1.807, 2.05) is 6.08 Å². The maximum Gasteiger partial charge on any atom is 0.306 e. The van der Waals surface area contributed by atoms with Crippen molar-refractivity contribution in [1.29, 1.82) is 0 Å². The van der Waals surface area contributed by atoms with Gasteiger partial charge in [-0.05, 0) is 77.3 Å². The Morgan fingerprint density at radius 1 is 0.590 bits per heavy atom. The first-order valence-corrected chi connectivity index (χ1v) is 16.8. The standard InChI is InChI=1S/C34H65NO4/c1-4-7-10-13-14-15-24-31-38-33(36)27-20-16-22-29-35-30-23-17-21-28-34(37)39-32(25-18-11-8-5-2)26-19-12-9-6-3/h15,24,32,35H,4-14,16-23,25-31H2,1-3H3. The zero-order chi connectivity index (χ0) is 28.7. The zero-order valence-corrected chi connectivity index (χ0v) is 26.2. The summed E-state index contributed by atoms with van der Waals surface area (Å²) >= 11 is 0. The van der Waals surface area contributed by atoms with Crippen LogP contribution in [0.15, 0.2) is 12.2 Å². The minimum absolute atomic E-state index is 0.00380.